The van der Waals surface area contributed by atoms with Crippen molar-refractivity contribution in [2.75, 3.05) is 26.7 Å². The Morgan fingerprint density at radius 1 is 1.37 bits per heavy atom. The van der Waals surface area contributed by atoms with Crippen molar-refractivity contribution in [2.45, 2.75) is 52.6 Å². The summed E-state index contributed by atoms with van der Waals surface area (Å²) in [5, 5.41) is 3.54. The first kappa shape index (κ1) is 16.4. The quantitative estimate of drug-likeness (QED) is 0.717. The van der Waals surface area contributed by atoms with E-state index in [1.165, 1.54) is 20.0 Å². The maximum atomic E-state index is 11.7. The standard InChI is InChI=1S/C15H30N2O2/c1-11(2)9-17(10-14-7-6-8-16-14)13(4)12(3)15(18)19-5/h11-14,16H,6-10H2,1-5H3. The Bertz CT molecular complexity index is 275. The monoisotopic (exact) mass is 270 g/mol. The summed E-state index contributed by atoms with van der Waals surface area (Å²) < 4.78 is 4.88. The molecule has 3 atom stereocenters. The third-order valence-electron chi connectivity index (χ3n) is 4.09. The molecule has 1 saturated heterocycles. The molecule has 0 radical (unpaired) electrons. The molecule has 4 nitrogen and oxygen atoms in total. The topological polar surface area (TPSA) is 41.6 Å². The van der Waals surface area contributed by atoms with Gasteiger partial charge in [0.05, 0.1) is 13.0 Å². The number of carbonyl (C=O) groups excluding carboxylic acids is 1. The molecule has 1 fully saturated rings. The first-order valence-corrected chi connectivity index (χ1v) is 7.51. The number of esters is 1. The van der Waals surface area contributed by atoms with Gasteiger partial charge in [-0.3, -0.25) is 9.69 Å². The van der Waals surface area contributed by atoms with Crippen molar-refractivity contribution in [1.82, 2.24) is 10.2 Å². The first-order valence-electron chi connectivity index (χ1n) is 7.51. The molecular formula is C15H30N2O2. The fraction of sp³-hybridized carbons (Fsp3) is 0.933. The van der Waals surface area contributed by atoms with E-state index in [-0.39, 0.29) is 17.9 Å². The van der Waals surface area contributed by atoms with E-state index < -0.39 is 0 Å². The van der Waals surface area contributed by atoms with Gasteiger partial charge in [0.1, 0.15) is 0 Å². The second kappa shape index (κ2) is 7.85. The van der Waals surface area contributed by atoms with Crippen LogP contribution in [0, 0.1) is 11.8 Å². The highest BCUT2D eigenvalue weighted by Crippen LogP contribution is 2.17. The second-order valence-electron chi connectivity index (χ2n) is 6.19. The van der Waals surface area contributed by atoms with Gasteiger partial charge in [-0.25, -0.2) is 0 Å². The van der Waals surface area contributed by atoms with E-state index in [9.17, 15) is 4.79 Å². The van der Waals surface area contributed by atoms with E-state index in [1.807, 2.05) is 6.92 Å². The van der Waals surface area contributed by atoms with Gasteiger partial charge in [0.15, 0.2) is 0 Å². The van der Waals surface area contributed by atoms with Crippen LogP contribution in [0.3, 0.4) is 0 Å². The van der Waals surface area contributed by atoms with E-state index >= 15 is 0 Å². The highest BCUT2D eigenvalue weighted by Gasteiger charge is 2.29. The van der Waals surface area contributed by atoms with Gasteiger partial charge in [0.25, 0.3) is 0 Å². The highest BCUT2D eigenvalue weighted by molar-refractivity contribution is 5.72. The Labute approximate surface area is 117 Å². The van der Waals surface area contributed by atoms with E-state index in [1.54, 1.807) is 0 Å². The lowest BCUT2D eigenvalue weighted by Crippen LogP contribution is -2.47. The van der Waals surface area contributed by atoms with Gasteiger partial charge >= 0.3 is 5.97 Å². The number of hydrogen-bond acceptors (Lipinski definition) is 4. The van der Waals surface area contributed by atoms with Crippen LogP contribution in [0.1, 0.15) is 40.5 Å². The van der Waals surface area contributed by atoms with Crippen molar-refractivity contribution < 1.29 is 9.53 Å². The van der Waals surface area contributed by atoms with E-state index in [0.29, 0.717) is 12.0 Å². The summed E-state index contributed by atoms with van der Waals surface area (Å²) in [4.78, 5) is 14.2. The summed E-state index contributed by atoms with van der Waals surface area (Å²) >= 11 is 0. The Balaban J connectivity index is 2.62. The van der Waals surface area contributed by atoms with Crippen molar-refractivity contribution in [3.05, 3.63) is 0 Å². The molecule has 3 unspecified atom stereocenters. The van der Waals surface area contributed by atoms with Crippen LogP contribution in [0.25, 0.3) is 0 Å². The number of ether oxygens (including phenoxy) is 1. The Kier molecular flexibility index (Phi) is 6.80. The molecule has 0 bridgehead atoms. The molecule has 1 aliphatic rings. The zero-order valence-corrected chi connectivity index (χ0v) is 13.1. The fourth-order valence-electron chi connectivity index (χ4n) is 2.77. The number of carbonyl (C=O) groups is 1. The molecule has 1 aliphatic heterocycles. The molecule has 0 saturated carbocycles. The van der Waals surface area contributed by atoms with Crippen LogP contribution >= 0.6 is 0 Å². The predicted molar refractivity (Wildman–Crippen MR) is 78.1 cm³/mol. The van der Waals surface area contributed by atoms with Crippen LogP contribution in [-0.4, -0.2) is 49.7 Å². The van der Waals surface area contributed by atoms with Crippen molar-refractivity contribution in [2.24, 2.45) is 11.8 Å². The highest BCUT2D eigenvalue weighted by atomic mass is 16.5. The Morgan fingerprint density at radius 3 is 2.53 bits per heavy atom. The van der Waals surface area contributed by atoms with Gasteiger partial charge in [0, 0.05) is 25.2 Å². The van der Waals surface area contributed by atoms with Gasteiger partial charge in [-0.1, -0.05) is 20.8 Å². The minimum Gasteiger partial charge on any atom is -0.469 e. The van der Waals surface area contributed by atoms with Crippen molar-refractivity contribution >= 4 is 5.97 Å². The molecule has 0 amide bonds. The molecular weight excluding hydrogens is 240 g/mol. The second-order valence-corrected chi connectivity index (χ2v) is 6.19. The van der Waals surface area contributed by atoms with E-state index in [4.69, 9.17) is 4.74 Å². The number of hydrogen-bond donors (Lipinski definition) is 1. The van der Waals surface area contributed by atoms with Crippen molar-refractivity contribution in [3.8, 4) is 0 Å². The Morgan fingerprint density at radius 2 is 2.05 bits per heavy atom. The summed E-state index contributed by atoms with van der Waals surface area (Å²) in [6, 6.07) is 0.795. The van der Waals surface area contributed by atoms with Gasteiger partial charge in [-0.15, -0.1) is 0 Å². The molecule has 0 spiro atoms. The van der Waals surface area contributed by atoms with Gasteiger partial charge in [-0.05, 0) is 32.2 Å². The summed E-state index contributed by atoms with van der Waals surface area (Å²) in [6.07, 6.45) is 2.51. The van der Waals surface area contributed by atoms with Crippen LogP contribution in [0.5, 0.6) is 0 Å². The van der Waals surface area contributed by atoms with Gasteiger partial charge < -0.3 is 10.1 Å². The average Bonchev–Trinajstić information content (AvgIpc) is 2.87. The smallest absolute Gasteiger partial charge is 0.309 e. The van der Waals surface area contributed by atoms with Crippen LogP contribution in [-0.2, 0) is 9.53 Å². The molecule has 0 aromatic rings. The first-order chi connectivity index (χ1) is 8.95. The minimum atomic E-state index is -0.111. The number of nitrogens with zero attached hydrogens (tertiary/aromatic N) is 1. The minimum absolute atomic E-state index is 0.0786. The molecule has 112 valence electrons. The lowest BCUT2D eigenvalue weighted by atomic mass is 10.00. The zero-order chi connectivity index (χ0) is 14.4. The molecule has 4 heteroatoms. The molecule has 1 heterocycles. The molecule has 1 rings (SSSR count). The normalized spacial score (nSPS) is 22.8. The van der Waals surface area contributed by atoms with Crippen molar-refractivity contribution in [3.63, 3.8) is 0 Å². The van der Waals surface area contributed by atoms with Gasteiger partial charge in [-0.2, -0.15) is 0 Å². The summed E-state index contributed by atoms with van der Waals surface area (Å²) in [7, 11) is 1.47. The SMILES string of the molecule is COC(=O)C(C)C(C)N(CC(C)C)CC1CCCN1. The average molecular weight is 270 g/mol. The molecule has 1 N–H and O–H groups in total. The molecule has 19 heavy (non-hydrogen) atoms. The number of rotatable bonds is 7. The summed E-state index contributed by atoms with van der Waals surface area (Å²) in [5.41, 5.74) is 0. The van der Waals surface area contributed by atoms with Crippen LogP contribution in [0.2, 0.25) is 0 Å². The third-order valence-corrected chi connectivity index (χ3v) is 4.09. The predicted octanol–water partition coefficient (Wildman–Crippen LogP) is 1.89. The maximum Gasteiger partial charge on any atom is 0.309 e. The number of methoxy groups -OCH3 is 1. The maximum absolute atomic E-state index is 11.7. The largest absolute Gasteiger partial charge is 0.469 e. The summed E-state index contributed by atoms with van der Waals surface area (Å²) in [5.74, 6) is 0.416. The number of nitrogens with one attached hydrogen (secondary N) is 1. The molecule has 0 aromatic heterocycles. The van der Waals surface area contributed by atoms with Crippen LogP contribution in [0.4, 0.5) is 0 Å². The third kappa shape index (κ3) is 5.11. The van der Waals surface area contributed by atoms with Crippen LogP contribution < -0.4 is 5.32 Å². The van der Waals surface area contributed by atoms with Crippen LogP contribution in [0.15, 0.2) is 0 Å². The lowest BCUT2D eigenvalue weighted by molar-refractivity contribution is -0.147. The van der Waals surface area contributed by atoms with Gasteiger partial charge in [0.2, 0.25) is 0 Å². The summed E-state index contributed by atoms with van der Waals surface area (Å²) in [6.45, 7) is 11.7. The zero-order valence-electron chi connectivity index (χ0n) is 13.1. The molecule has 0 aliphatic carbocycles. The van der Waals surface area contributed by atoms with E-state index in [2.05, 4.69) is 31.0 Å². The fourth-order valence-corrected chi connectivity index (χ4v) is 2.77. The van der Waals surface area contributed by atoms with E-state index in [0.717, 1.165) is 19.6 Å². The lowest BCUT2D eigenvalue weighted by Gasteiger charge is -2.35. The Hall–Kier alpha value is -0.610. The van der Waals surface area contributed by atoms with Crippen molar-refractivity contribution in [1.29, 1.82) is 0 Å². The molecule has 0 aromatic carbocycles.